The van der Waals surface area contributed by atoms with Crippen LogP contribution in [0.15, 0.2) is 29.4 Å². The molecular formula is C19H27N5O2S. The molecule has 0 bridgehead atoms. The molecule has 2 heterocycles. The summed E-state index contributed by atoms with van der Waals surface area (Å²) < 4.78 is 7.34. The zero-order chi connectivity index (χ0) is 19.4. The van der Waals surface area contributed by atoms with Gasteiger partial charge in [0.1, 0.15) is 0 Å². The van der Waals surface area contributed by atoms with Crippen molar-refractivity contribution < 1.29 is 9.53 Å². The van der Waals surface area contributed by atoms with E-state index in [1.54, 1.807) is 0 Å². The van der Waals surface area contributed by atoms with Gasteiger partial charge in [0.15, 0.2) is 5.16 Å². The maximum Gasteiger partial charge on any atom is 0.237 e. The third-order valence-electron chi connectivity index (χ3n) is 4.60. The van der Waals surface area contributed by atoms with Crippen LogP contribution < -0.4 is 10.2 Å². The fourth-order valence-electron chi connectivity index (χ4n) is 3.01. The predicted octanol–water partition coefficient (Wildman–Crippen LogP) is 2.89. The highest BCUT2D eigenvalue weighted by atomic mass is 32.2. The average molecular weight is 390 g/mol. The number of nitrogens with zero attached hydrogens (tertiary/aromatic N) is 4. The van der Waals surface area contributed by atoms with E-state index in [2.05, 4.69) is 40.3 Å². The number of hydrogen-bond donors (Lipinski definition) is 1. The minimum Gasteiger partial charge on any atom is -0.378 e. The standard InChI is InChI=1S/C19H27N5O2S/c1-13(2)15-7-5-6-8-16(15)20-17(25)14(3)27-19-22-21-18(23(19)4)24-9-11-26-12-10-24/h5-8,13-14H,9-12H2,1-4H3,(H,20,25). The molecule has 7 nitrogen and oxygen atoms in total. The van der Waals surface area contributed by atoms with Crippen molar-refractivity contribution >= 4 is 29.3 Å². The lowest BCUT2D eigenvalue weighted by molar-refractivity contribution is -0.115. The topological polar surface area (TPSA) is 72.3 Å². The van der Waals surface area contributed by atoms with E-state index in [0.29, 0.717) is 19.1 Å². The van der Waals surface area contributed by atoms with Crippen LogP contribution in [0.1, 0.15) is 32.3 Å². The summed E-state index contributed by atoms with van der Waals surface area (Å²) in [6.07, 6.45) is 0. The van der Waals surface area contributed by atoms with Gasteiger partial charge in [-0.25, -0.2) is 0 Å². The minimum absolute atomic E-state index is 0.0379. The number of rotatable bonds is 6. The highest BCUT2D eigenvalue weighted by Gasteiger charge is 2.22. The first-order valence-corrected chi connectivity index (χ1v) is 10.1. The fourth-order valence-corrected chi connectivity index (χ4v) is 3.82. The molecule has 1 aromatic carbocycles. The SMILES string of the molecule is CC(Sc1nnc(N2CCOCC2)n1C)C(=O)Nc1ccccc1C(C)C. The molecule has 1 aliphatic heterocycles. The highest BCUT2D eigenvalue weighted by molar-refractivity contribution is 8.00. The summed E-state index contributed by atoms with van der Waals surface area (Å²) in [5.74, 6) is 1.13. The Balaban J connectivity index is 1.66. The van der Waals surface area contributed by atoms with E-state index in [1.807, 2.05) is 36.7 Å². The van der Waals surface area contributed by atoms with Gasteiger partial charge < -0.3 is 15.0 Å². The Morgan fingerprint density at radius 2 is 1.89 bits per heavy atom. The van der Waals surface area contributed by atoms with Crippen molar-refractivity contribution in [2.45, 2.75) is 37.1 Å². The molecule has 0 radical (unpaired) electrons. The predicted molar refractivity (Wildman–Crippen MR) is 109 cm³/mol. The monoisotopic (exact) mass is 389 g/mol. The van der Waals surface area contributed by atoms with Crippen LogP contribution in [0.25, 0.3) is 0 Å². The van der Waals surface area contributed by atoms with Gasteiger partial charge in [-0.15, -0.1) is 10.2 Å². The Morgan fingerprint density at radius 1 is 1.19 bits per heavy atom. The average Bonchev–Trinajstić information content (AvgIpc) is 3.03. The van der Waals surface area contributed by atoms with Crippen LogP contribution in [0, 0.1) is 0 Å². The van der Waals surface area contributed by atoms with E-state index < -0.39 is 0 Å². The van der Waals surface area contributed by atoms with Crippen molar-refractivity contribution in [1.82, 2.24) is 14.8 Å². The molecule has 1 aromatic heterocycles. The van der Waals surface area contributed by atoms with Gasteiger partial charge in [0.2, 0.25) is 11.9 Å². The maximum atomic E-state index is 12.7. The summed E-state index contributed by atoms with van der Waals surface area (Å²) in [6.45, 7) is 9.14. The number of amides is 1. The molecule has 2 aromatic rings. The Morgan fingerprint density at radius 3 is 2.59 bits per heavy atom. The third kappa shape index (κ3) is 4.62. The summed E-state index contributed by atoms with van der Waals surface area (Å²) >= 11 is 1.42. The number of thioether (sulfide) groups is 1. The lowest BCUT2D eigenvalue weighted by atomic mass is 10.0. The largest absolute Gasteiger partial charge is 0.378 e. The minimum atomic E-state index is -0.286. The van der Waals surface area contributed by atoms with Gasteiger partial charge >= 0.3 is 0 Å². The third-order valence-corrected chi connectivity index (χ3v) is 5.73. The smallest absolute Gasteiger partial charge is 0.237 e. The molecule has 1 N–H and O–H groups in total. The molecule has 1 atom stereocenters. The zero-order valence-electron chi connectivity index (χ0n) is 16.3. The van der Waals surface area contributed by atoms with Gasteiger partial charge in [-0.1, -0.05) is 43.8 Å². The summed E-state index contributed by atoms with van der Waals surface area (Å²) in [6, 6.07) is 7.94. The van der Waals surface area contributed by atoms with Crippen LogP contribution in [-0.2, 0) is 16.6 Å². The van der Waals surface area contributed by atoms with Crippen LogP contribution in [0.5, 0.6) is 0 Å². The summed E-state index contributed by atoms with van der Waals surface area (Å²) in [5, 5.41) is 12.1. The van der Waals surface area contributed by atoms with Gasteiger partial charge in [0, 0.05) is 25.8 Å². The Kier molecular flexibility index (Phi) is 6.38. The van der Waals surface area contributed by atoms with Crippen LogP contribution in [0.4, 0.5) is 11.6 Å². The second kappa shape index (κ2) is 8.75. The van der Waals surface area contributed by atoms with Crippen molar-refractivity contribution in [1.29, 1.82) is 0 Å². The van der Waals surface area contributed by atoms with Gasteiger partial charge in [-0.3, -0.25) is 9.36 Å². The van der Waals surface area contributed by atoms with Crippen LogP contribution >= 0.6 is 11.8 Å². The van der Waals surface area contributed by atoms with E-state index in [1.165, 1.54) is 11.8 Å². The summed E-state index contributed by atoms with van der Waals surface area (Å²) in [5.41, 5.74) is 2.01. The van der Waals surface area contributed by atoms with Gasteiger partial charge in [0.25, 0.3) is 0 Å². The van der Waals surface area contributed by atoms with Crippen molar-refractivity contribution in [2.24, 2.45) is 7.05 Å². The van der Waals surface area contributed by atoms with Crippen LogP contribution in [0.3, 0.4) is 0 Å². The van der Waals surface area contributed by atoms with Crippen LogP contribution in [0.2, 0.25) is 0 Å². The second-order valence-electron chi connectivity index (χ2n) is 6.93. The number of ether oxygens (including phenoxy) is 1. The Labute approximate surface area is 164 Å². The lowest BCUT2D eigenvalue weighted by Gasteiger charge is -2.27. The fraction of sp³-hybridized carbons (Fsp3) is 0.526. The molecule has 0 aliphatic carbocycles. The number of carbonyl (C=O) groups excluding carboxylic acids is 1. The van der Waals surface area contributed by atoms with Gasteiger partial charge in [-0.05, 0) is 24.5 Å². The molecule has 1 aliphatic rings. The van der Waals surface area contributed by atoms with Gasteiger partial charge in [0.05, 0.1) is 18.5 Å². The molecule has 3 rings (SSSR count). The Hall–Kier alpha value is -2.06. The number of aromatic nitrogens is 3. The second-order valence-corrected chi connectivity index (χ2v) is 8.24. The maximum absolute atomic E-state index is 12.7. The van der Waals surface area contributed by atoms with Crippen molar-refractivity contribution in [3.05, 3.63) is 29.8 Å². The first kappa shape index (κ1) is 19.7. The van der Waals surface area contributed by atoms with Crippen molar-refractivity contribution in [3.63, 3.8) is 0 Å². The van der Waals surface area contributed by atoms with E-state index in [0.717, 1.165) is 35.4 Å². The normalized spacial score (nSPS) is 15.8. The van der Waals surface area contributed by atoms with Crippen LogP contribution in [-0.4, -0.2) is 52.2 Å². The number of anilines is 2. The number of morpholine rings is 1. The van der Waals surface area contributed by atoms with E-state index in [9.17, 15) is 4.79 Å². The lowest BCUT2D eigenvalue weighted by Crippen LogP contribution is -2.37. The number of hydrogen-bond acceptors (Lipinski definition) is 6. The molecule has 1 unspecified atom stereocenters. The highest BCUT2D eigenvalue weighted by Crippen LogP contribution is 2.27. The van der Waals surface area contributed by atoms with E-state index in [-0.39, 0.29) is 11.2 Å². The molecular weight excluding hydrogens is 362 g/mol. The van der Waals surface area contributed by atoms with Crippen molar-refractivity contribution in [3.8, 4) is 0 Å². The number of nitrogens with one attached hydrogen (secondary N) is 1. The van der Waals surface area contributed by atoms with E-state index >= 15 is 0 Å². The summed E-state index contributed by atoms with van der Waals surface area (Å²) in [4.78, 5) is 14.9. The number of benzene rings is 1. The molecule has 8 heteroatoms. The summed E-state index contributed by atoms with van der Waals surface area (Å²) in [7, 11) is 1.94. The molecule has 1 fully saturated rings. The van der Waals surface area contributed by atoms with Gasteiger partial charge in [-0.2, -0.15) is 0 Å². The number of para-hydroxylation sites is 1. The van der Waals surface area contributed by atoms with Crippen molar-refractivity contribution in [2.75, 3.05) is 36.5 Å². The first-order valence-electron chi connectivity index (χ1n) is 9.26. The quantitative estimate of drug-likeness (QED) is 0.766. The molecule has 0 saturated carbocycles. The molecule has 146 valence electrons. The Bertz CT molecular complexity index is 786. The number of carbonyl (C=O) groups is 1. The molecule has 1 saturated heterocycles. The van der Waals surface area contributed by atoms with E-state index in [4.69, 9.17) is 4.74 Å². The first-order chi connectivity index (χ1) is 13.0. The molecule has 1 amide bonds. The molecule has 0 spiro atoms. The zero-order valence-corrected chi connectivity index (χ0v) is 17.1. The molecule has 27 heavy (non-hydrogen) atoms.